The highest BCUT2D eigenvalue weighted by atomic mass is 28.4. The summed E-state index contributed by atoms with van der Waals surface area (Å²) in [7, 11) is -3.98. The Morgan fingerprint density at radius 2 is 1.31 bits per heavy atom. The second kappa shape index (κ2) is 8.21. The lowest BCUT2D eigenvalue weighted by atomic mass is 9.88. The fraction of sp³-hybridized carbons (Fsp3) is 0.500. The Hall–Kier alpha value is -1.79. The molecule has 0 aromatic heterocycles. The molecule has 0 N–H and O–H groups in total. The Balaban J connectivity index is 2.28. The van der Waals surface area contributed by atoms with Crippen molar-refractivity contribution >= 4 is 33.5 Å². The molecule has 0 fully saturated rings. The van der Waals surface area contributed by atoms with Crippen molar-refractivity contribution in [1.82, 2.24) is 0 Å². The van der Waals surface area contributed by atoms with E-state index >= 15 is 0 Å². The second-order valence-electron chi connectivity index (χ2n) is 12.3. The fourth-order valence-electron chi connectivity index (χ4n) is 3.57. The van der Waals surface area contributed by atoms with Crippen LogP contribution in [0.25, 0.3) is 16.8 Å². The Bertz CT molecular complexity index is 1060. The number of allylic oxidation sites excluding steroid dienone is 2. The van der Waals surface area contributed by atoms with E-state index in [-0.39, 0.29) is 10.1 Å². The van der Waals surface area contributed by atoms with Gasteiger partial charge >= 0.3 is 0 Å². The van der Waals surface area contributed by atoms with E-state index in [2.05, 4.69) is 105 Å². The average molecular weight is 467 g/mol. The minimum atomic E-state index is -2.00. The van der Waals surface area contributed by atoms with Gasteiger partial charge in [-0.25, -0.2) is 0 Å². The van der Waals surface area contributed by atoms with Crippen molar-refractivity contribution in [2.75, 3.05) is 0 Å². The van der Waals surface area contributed by atoms with Gasteiger partial charge in [-0.3, -0.25) is 0 Å². The molecule has 0 unspecified atom stereocenters. The van der Waals surface area contributed by atoms with Crippen LogP contribution in [0.4, 0.5) is 0 Å². The number of fused-ring (bicyclic) bond motifs is 3. The third-order valence-corrected chi connectivity index (χ3v) is 16.5. The first kappa shape index (κ1) is 24.8. The van der Waals surface area contributed by atoms with Gasteiger partial charge in [0.15, 0.2) is 0 Å². The van der Waals surface area contributed by atoms with Gasteiger partial charge in [-0.2, -0.15) is 0 Å². The van der Waals surface area contributed by atoms with Gasteiger partial charge in [0.05, 0.1) is 0 Å². The lowest BCUT2D eigenvalue weighted by Crippen LogP contribution is -2.44. The Kier molecular flexibility index (Phi) is 6.38. The maximum atomic E-state index is 6.91. The largest absolute Gasteiger partial charge is 0.543 e. The molecule has 2 aromatic rings. The van der Waals surface area contributed by atoms with Crippen LogP contribution < -0.4 is 8.85 Å². The van der Waals surface area contributed by atoms with E-state index in [1.165, 1.54) is 22.1 Å². The normalized spacial score (nSPS) is 15.2. The van der Waals surface area contributed by atoms with Gasteiger partial charge in [0.25, 0.3) is 16.6 Å². The second-order valence-corrected chi connectivity index (χ2v) is 21.7. The molecule has 0 atom stereocenters. The molecule has 0 amide bonds. The molecule has 2 aromatic carbocycles. The Labute approximate surface area is 198 Å². The summed E-state index contributed by atoms with van der Waals surface area (Å²) in [5.41, 5.74) is 3.95. The summed E-state index contributed by atoms with van der Waals surface area (Å²) in [6.45, 7) is 27.0. The maximum Gasteiger partial charge on any atom is 0.250 e. The third-order valence-electron chi connectivity index (χ3n) is 7.85. The number of rotatable bonds is 5. The molecule has 0 radical (unpaired) electrons. The van der Waals surface area contributed by atoms with Crippen LogP contribution in [0.1, 0.15) is 59.1 Å². The molecule has 1 aliphatic rings. The summed E-state index contributed by atoms with van der Waals surface area (Å²) in [5.74, 6) is 1.98. The first-order valence-electron chi connectivity index (χ1n) is 11.9. The SMILES string of the molecule is C=CC1=Cc2c(ccc3c(O[Si](C)(C)C(C)(C)C)ccc(O[Si](C)(C)C(C)(C)C)c23)CC1. The van der Waals surface area contributed by atoms with Crippen molar-refractivity contribution in [3.8, 4) is 11.5 Å². The van der Waals surface area contributed by atoms with E-state index in [9.17, 15) is 0 Å². The van der Waals surface area contributed by atoms with Gasteiger partial charge in [0.1, 0.15) is 11.5 Å². The zero-order valence-electron chi connectivity index (χ0n) is 21.9. The van der Waals surface area contributed by atoms with Crippen LogP contribution in [0, 0.1) is 0 Å². The standard InChI is InChI=1S/C28H42O2Si2/c1-12-20-13-14-21-15-16-22-24(29-31(8,9)27(2,3)4)17-18-25(26(22)23(21)19-20)30-32(10,11)28(5,6)7/h12,15-19H,1,13-14H2,2-11H3. The molecular weight excluding hydrogens is 424 g/mol. The highest BCUT2D eigenvalue weighted by Gasteiger charge is 2.41. The van der Waals surface area contributed by atoms with E-state index in [1.54, 1.807) is 0 Å². The van der Waals surface area contributed by atoms with Gasteiger partial charge in [0, 0.05) is 10.8 Å². The zero-order chi connectivity index (χ0) is 24.1. The molecule has 32 heavy (non-hydrogen) atoms. The van der Waals surface area contributed by atoms with Crippen LogP contribution in [0.3, 0.4) is 0 Å². The van der Waals surface area contributed by atoms with Crippen molar-refractivity contribution in [2.24, 2.45) is 0 Å². The molecule has 4 heteroatoms. The number of hydrogen-bond donors (Lipinski definition) is 0. The molecule has 0 spiro atoms. The molecule has 0 saturated carbocycles. The summed E-state index contributed by atoms with van der Waals surface area (Å²) in [5, 5.41) is 2.63. The Morgan fingerprint density at radius 1 is 0.781 bits per heavy atom. The van der Waals surface area contributed by atoms with E-state index < -0.39 is 16.6 Å². The predicted octanol–water partition coefficient (Wildman–Crippen LogP) is 9.12. The summed E-state index contributed by atoms with van der Waals surface area (Å²) in [6, 6.07) is 8.82. The van der Waals surface area contributed by atoms with Crippen molar-refractivity contribution in [3.05, 3.63) is 53.6 Å². The van der Waals surface area contributed by atoms with Crippen LogP contribution >= 0.6 is 0 Å². The quantitative estimate of drug-likeness (QED) is 0.409. The fourth-order valence-corrected chi connectivity index (χ4v) is 5.63. The van der Waals surface area contributed by atoms with Crippen LogP contribution in [-0.4, -0.2) is 16.6 Å². The summed E-state index contributed by atoms with van der Waals surface area (Å²) >= 11 is 0. The first-order valence-corrected chi connectivity index (χ1v) is 17.7. The number of benzene rings is 2. The molecular formula is C28H42O2Si2. The van der Waals surface area contributed by atoms with Crippen LogP contribution in [0.5, 0.6) is 11.5 Å². The number of aryl methyl sites for hydroxylation is 1. The zero-order valence-corrected chi connectivity index (χ0v) is 23.9. The molecule has 0 saturated heterocycles. The van der Waals surface area contributed by atoms with Crippen molar-refractivity contribution in [3.63, 3.8) is 0 Å². The topological polar surface area (TPSA) is 18.5 Å². The van der Waals surface area contributed by atoms with Gasteiger partial charge in [-0.05, 0) is 77.9 Å². The lowest BCUT2D eigenvalue weighted by molar-refractivity contribution is 0.488. The predicted molar refractivity (Wildman–Crippen MR) is 146 cm³/mol. The van der Waals surface area contributed by atoms with E-state index in [0.717, 1.165) is 29.7 Å². The molecule has 174 valence electrons. The molecule has 0 aliphatic heterocycles. The van der Waals surface area contributed by atoms with E-state index in [4.69, 9.17) is 8.85 Å². The minimum absolute atomic E-state index is 0.132. The molecule has 1 aliphatic carbocycles. The van der Waals surface area contributed by atoms with Crippen LogP contribution in [0.15, 0.2) is 42.5 Å². The lowest BCUT2D eigenvalue weighted by Gasteiger charge is -2.38. The molecule has 2 nitrogen and oxygen atoms in total. The van der Waals surface area contributed by atoms with E-state index in [0.29, 0.717) is 0 Å². The van der Waals surface area contributed by atoms with Crippen molar-refractivity contribution in [1.29, 1.82) is 0 Å². The summed E-state index contributed by atoms with van der Waals surface area (Å²) in [6.07, 6.45) is 6.38. The summed E-state index contributed by atoms with van der Waals surface area (Å²) in [4.78, 5) is 0. The minimum Gasteiger partial charge on any atom is -0.543 e. The highest BCUT2D eigenvalue weighted by molar-refractivity contribution is 6.75. The van der Waals surface area contributed by atoms with Gasteiger partial charge in [0.2, 0.25) is 0 Å². The first-order chi connectivity index (χ1) is 14.6. The van der Waals surface area contributed by atoms with E-state index in [1.807, 2.05) is 6.08 Å². The van der Waals surface area contributed by atoms with Crippen LogP contribution in [-0.2, 0) is 6.42 Å². The maximum absolute atomic E-state index is 6.91. The van der Waals surface area contributed by atoms with Crippen molar-refractivity contribution in [2.45, 2.75) is 90.6 Å². The summed E-state index contributed by atoms with van der Waals surface area (Å²) < 4.78 is 13.7. The van der Waals surface area contributed by atoms with Crippen molar-refractivity contribution < 1.29 is 8.85 Å². The Morgan fingerprint density at radius 3 is 1.84 bits per heavy atom. The smallest absolute Gasteiger partial charge is 0.250 e. The molecule has 3 rings (SSSR count). The monoisotopic (exact) mass is 466 g/mol. The molecule has 0 heterocycles. The van der Waals surface area contributed by atoms with Gasteiger partial charge in [-0.1, -0.05) is 72.4 Å². The average Bonchev–Trinajstić information content (AvgIpc) is 2.66. The van der Waals surface area contributed by atoms with Gasteiger partial charge < -0.3 is 8.85 Å². The van der Waals surface area contributed by atoms with Gasteiger partial charge in [-0.15, -0.1) is 0 Å². The highest BCUT2D eigenvalue weighted by Crippen LogP contribution is 2.46. The number of hydrogen-bond acceptors (Lipinski definition) is 2. The molecule has 0 bridgehead atoms. The van der Waals surface area contributed by atoms with Crippen LogP contribution in [0.2, 0.25) is 36.3 Å². The third kappa shape index (κ3) is 4.63.